The number of amides is 1. The normalized spacial score (nSPS) is 18.3. The largest absolute Gasteiger partial charge is 0.381 e. The summed E-state index contributed by atoms with van der Waals surface area (Å²) >= 11 is 1.40. The van der Waals surface area contributed by atoms with Crippen LogP contribution in [-0.2, 0) is 17.8 Å². The first-order chi connectivity index (χ1) is 16.8. The van der Waals surface area contributed by atoms with Gasteiger partial charge >= 0.3 is 0 Å². The van der Waals surface area contributed by atoms with Crippen molar-refractivity contribution in [3.8, 4) is 0 Å². The smallest absolute Gasteiger partial charge is 0.279 e. The SMILES string of the molecule is COC1CCC(Cn2c(C(F)F)c(C(=O)NCc3c(SC)cc(C)[nH]c3=O)c3ccccc32)CC1. The van der Waals surface area contributed by atoms with Crippen LogP contribution in [0.4, 0.5) is 8.78 Å². The number of fused-ring (bicyclic) bond motifs is 1. The van der Waals surface area contributed by atoms with Crippen LogP contribution in [0.25, 0.3) is 10.9 Å². The van der Waals surface area contributed by atoms with Gasteiger partial charge in [0.25, 0.3) is 17.9 Å². The summed E-state index contributed by atoms with van der Waals surface area (Å²) in [5, 5.41) is 3.23. The number of methoxy groups -OCH3 is 1. The molecule has 1 fully saturated rings. The van der Waals surface area contributed by atoms with Crippen molar-refractivity contribution in [2.24, 2.45) is 5.92 Å². The number of aromatic amines is 1. The van der Waals surface area contributed by atoms with E-state index >= 15 is 0 Å². The molecule has 1 aromatic carbocycles. The molecule has 9 heteroatoms. The van der Waals surface area contributed by atoms with Gasteiger partial charge in [-0.2, -0.15) is 0 Å². The van der Waals surface area contributed by atoms with Crippen LogP contribution in [0.1, 0.15) is 59.4 Å². The molecule has 0 saturated heterocycles. The lowest BCUT2D eigenvalue weighted by Gasteiger charge is -2.28. The maximum atomic E-state index is 14.5. The summed E-state index contributed by atoms with van der Waals surface area (Å²) in [5.41, 5.74) is 1.18. The summed E-state index contributed by atoms with van der Waals surface area (Å²) in [4.78, 5) is 29.3. The summed E-state index contributed by atoms with van der Waals surface area (Å²) in [5.74, 6) is -0.369. The molecular weight excluding hydrogens is 472 g/mol. The molecule has 188 valence electrons. The van der Waals surface area contributed by atoms with Gasteiger partial charge < -0.3 is 19.6 Å². The van der Waals surface area contributed by atoms with Crippen molar-refractivity contribution in [2.45, 2.75) is 63.1 Å². The van der Waals surface area contributed by atoms with Crippen LogP contribution in [0.2, 0.25) is 0 Å². The van der Waals surface area contributed by atoms with Gasteiger partial charge in [0.05, 0.1) is 17.4 Å². The highest BCUT2D eigenvalue weighted by Crippen LogP contribution is 2.36. The van der Waals surface area contributed by atoms with Crippen LogP contribution in [0.3, 0.4) is 0 Å². The number of alkyl halides is 2. The number of pyridine rings is 1. The number of benzene rings is 1. The Balaban J connectivity index is 1.67. The van der Waals surface area contributed by atoms with Crippen molar-refractivity contribution in [1.29, 1.82) is 0 Å². The molecule has 0 aliphatic heterocycles. The third kappa shape index (κ3) is 5.30. The second kappa shape index (κ2) is 11.0. The molecule has 35 heavy (non-hydrogen) atoms. The topological polar surface area (TPSA) is 76.1 Å². The third-order valence-electron chi connectivity index (χ3n) is 6.89. The molecule has 2 heterocycles. The monoisotopic (exact) mass is 503 g/mol. The first-order valence-electron chi connectivity index (χ1n) is 11.8. The lowest BCUT2D eigenvalue weighted by molar-refractivity contribution is 0.0535. The predicted octanol–water partition coefficient (Wildman–Crippen LogP) is 5.43. The summed E-state index contributed by atoms with van der Waals surface area (Å²) < 4.78 is 36.0. The Morgan fingerprint density at radius 3 is 2.63 bits per heavy atom. The van der Waals surface area contributed by atoms with Gasteiger partial charge in [-0.1, -0.05) is 18.2 Å². The van der Waals surface area contributed by atoms with Crippen molar-refractivity contribution < 1.29 is 18.3 Å². The number of aromatic nitrogens is 2. The Labute approximate surface area is 207 Å². The molecule has 0 atom stereocenters. The van der Waals surface area contributed by atoms with E-state index in [0.717, 1.165) is 36.3 Å². The number of nitrogens with one attached hydrogen (secondary N) is 2. The Morgan fingerprint density at radius 2 is 1.97 bits per heavy atom. The second-order valence-corrected chi connectivity index (χ2v) is 9.93. The quantitative estimate of drug-likeness (QED) is 0.402. The minimum atomic E-state index is -2.82. The molecule has 0 bridgehead atoms. The Bertz CT molecular complexity index is 1260. The van der Waals surface area contributed by atoms with E-state index in [0.29, 0.717) is 23.0 Å². The van der Waals surface area contributed by atoms with Crippen LogP contribution in [0.15, 0.2) is 40.0 Å². The van der Waals surface area contributed by atoms with Crippen LogP contribution in [0, 0.1) is 12.8 Å². The molecule has 1 aliphatic carbocycles. The Hall–Kier alpha value is -2.65. The van der Waals surface area contributed by atoms with Gasteiger partial charge in [-0.05, 0) is 56.9 Å². The van der Waals surface area contributed by atoms with E-state index in [1.165, 1.54) is 11.8 Å². The van der Waals surface area contributed by atoms with Gasteiger partial charge in [0.2, 0.25) is 0 Å². The molecule has 1 saturated carbocycles. The maximum Gasteiger partial charge on any atom is 0.279 e. The molecule has 6 nitrogen and oxygen atoms in total. The van der Waals surface area contributed by atoms with Gasteiger partial charge in [0.1, 0.15) is 0 Å². The fourth-order valence-corrected chi connectivity index (χ4v) is 5.79. The predicted molar refractivity (Wildman–Crippen MR) is 134 cm³/mol. The van der Waals surface area contributed by atoms with Gasteiger partial charge in [0.15, 0.2) is 0 Å². The molecule has 1 amide bonds. The molecule has 0 radical (unpaired) electrons. The zero-order valence-corrected chi connectivity index (χ0v) is 21.0. The molecule has 4 rings (SSSR count). The number of thioether (sulfide) groups is 1. The van der Waals surface area contributed by atoms with Crippen molar-refractivity contribution in [2.75, 3.05) is 13.4 Å². The lowest BCUT2D eigenvalue weighted by atomic mass is 9.87. The number of carbonyl (C=O) groups excluding carboxylic acids is 1. The number of hydrogen-bond acceptors (Lipinski definition) is 4. The number of para-hydroxylation sites is 1. The van der Waals surface area contributed by atoms with Gasteiger partial charge in [-0.15, -0.1) is 11.8 Å². The summed E-state index contributed by atoms with van der Waals surface area (Å²) in [6.45, 7) is 2.17. The summed E-state index contributed by atoms with van der Waals surface area (Å²) in [6.07, 6.45) is 2.84. The average Bonchev–Trinajstić information content (AvgIpc) is 3.17. The second-order valence-electron chi connectivity index (χ2n) is 9.08. The number of aryl methyl sites for hydroxylation is 1. The molecule has 0 unspecified atom stereocenters. The number of nitrogens with zero attached hydrogens (tertiary/aromatic N) is 1. The lowest BCUT2D eigenvalue weighted by Crippen LogP contribution is -2.29. The summed E-state index contributed by atoms with van der Waals surface area (Å²) in [6, 6.07) is 8.88. The number of ether oxygens (including phenoxy) is 1. The number of carbonyl (C=O) groups is 1. The molecule has 2 N–H and O–H groups in total. The maximum absolute atomic E-state index is 14.5. The van der Waals surface area contributed by atoms with Gasteiger partial charge in [-0.3, -0.25) is 9.59 Å². The van der Waals surface area contributed by atoms with Crippen LogP contribution in [0.5, 0.6) is 0 Å². The summed E-state index contributed by atoms with van der Waals surface area (Å²) in [7, 11) is 1.71. The van der Waals surface area contributed by atoms with Crippen LogP contribution >= 0.6 is 11.8 Å². The number of H-pyrrole nitrogens is 1. The number of hydrogen-bond donors (Lipinski definition) is 2. The molecule has 2 aromatic heterocycles. The third-order valence-corrected chi connectivity index (χ3v) is 7.69. The zero-order valence-electron chi connectivity index (χ0n) is 20.2. The van der Waals surface area contributed by atoms with E-state index in [2.05, 4.69) is 10.3 Å². The zero-order chi connectivity index (χ0) is 25.1. The van der Waals surface area contributed by atoms with E-state index < -0.39 is 12.3 Å². The average molecular weight is 504 g/mol. The van der Waals surface area contributed by atoms with Crippen LogP contribution < -0.4 is 10.9 Å². The van der Waals surface area contributed by atoms with Gasteiger partial charge in [-0.25, -0.2) is 8.78 Å². The van der Waals surface area contributed by atoms with E-state index in [9.17, 15) is 18.4 Å². The first-order valence-corrected chi connectivity index (χ1v) is 13.0. The van der Waals surface area contributed by atoms with Crippen molar-refractivity contribution in [1.82, 2.24) is 14.9 Å². The van der Waals surface area contributed by atoms with E-state index in [1.807, 2.05) is 12.3 Å². The molecule has 1 aliphatic rings. The highest BCUT2D eigenvalue weighted by Gasteiger charge is 2.30. The van der Waals surface area contributed by atoms with E-state index in [4.69, 9.17) is 4.74 Å². The van der Waals surface area contributed by atoms with Crippen molar-refractivity contribution in [3.63, 3.8) is 0 Å². The first kappa shape index (κ1) is 25.4. The number of rotatable bonds is 8. The molecule has 0 spiro atoms. The van der Waals surface area contributed by atoms with Crippen LogP contribution in [-0.4, -0.2) is 34.9 Å². The Morgan fingerprint density at radius 1 is 1.26 bits per heavy atom. The van der Waals surface area contributed by atoms with Crippen molar-refractivity contribution in [3.05, 3.63) is 63.2 Å². The standard InChI is InChI=1S/C26H31F2N3O3S/c1-15-12-21(35-3)19(25(32)30-15)13-29-26(33)22-18-6-4-5-7-20(18)31(23(22)24(27)28)14-16-8-10-17(34-2)11-9-16/h4-7,12,16-17,24H,8-11,13-14H2,1-3H3,(H,29,33)(H,30,32). The van der Waals surface area contributed by atoms with Gasteiger partial charge in [0, 0.05) is 47.3 Å². The fraction of sp³-hybridized carbons (Fsp3) is 0.462. The highest BCUT2D eigenvalue weighted by atomic mass is 32.2. The fourth-order valence-electron chi connectivity index (χ4n) is 5.09. The minimum absolute atomic E-state index is 0.0181. The Kier molecular flexibility index (Phi) is 7.96. The van der Waals surface area contributed by atoms with Crippen molar-refractivity contribution >= 4 is 28.6 Å². The van der Waals surface area contributed by atoms with E-state index in [1.54, 1.807) is 42.9 Å². The van der Waals surface area contributed by atoms with E-state index in [-0.39, 0.29) is 35.4 Å². The highest BCUT2D eigenvalue weighted by molar-refractivity contribution is 7.98. The molecular formula is C26H31F2N3O3S. The molecule has 3 aromatic rings. The minimum Gasteiger partial charge on any atom is -0.381 e. The number of halogens is 2.